The van der Waals surface area contributed by atoms with Gasteiger partial charge in [0.2, 0.25) is 0 Å². The van der Waals surface area contributed by atoms with Gasteiger partial charge in [-0.1, -0.05) is 76.2 Å². The molecule has 0 aliphatic carbocycles. The van der Waals surface area contributed by atoms with Crippen molar-refractivity contribution >= 4 is 29.9 Å². The third kappa shape index (κ3) is 3.61. The van der Waals surface area contributed by atoms with E-state index in [9.17, 15) is 0 Å². The van der Waals surface area contributed by atoms with Crippen LogP contribution in [0.1, 0.15) is 27.7 Å². The standard InChI is InChI=1S/C30H30BN3O2/c1-21(2)32(22(3)4)31(33-23-13-5-9-17-27(23)35-28-18-10-6-14-24(28)33)34-25-15-7-11-19-29(25)36-30-20-12-8-16-26(30)34/h5-22H,1-4H3. The third-order valence-corrected chi connectivity index (χ3v) is 6.86. The number of para-hydroxylation sites is 8. The minimum Gasteiger partial charge on any atom is -0.453 e. The molecule has 2 heterocycles. The van der Waals surface area contributed by atoms with E-state index < -0.39 is 0 Å². The maximum absolute atomic E-state index is 6.38. The summed E-state index contributed by atoms with van der Waals surface area (Å²) in [5.74, 6) is 3.40. The Morgan fingerprint density at radius 2 is 0.778 bits per heavy atom. The summed E-state index contributed by atoms with van der Waals surface area (Å²) in [6.45, 7) is 9.07. The Bertz CT molecular complexity index is 1210. The zero-order valence-corrected chi connectivity index (χ0v) is 21.1. The second kappa shape index (κ2) is 8.96. The van der Waals surface area contributed by atoms with Crippen molar-refractivity contribution in [2.75, 3.05) is 9.62 Å². The number of hydrogen-bond donors (Lipinski definition) is 0. The number of fused-ring (bicyclic) bond motifs is 4. The lowest BCUT2D eigenvalue weighted by atomic mass is 9.76. The molecule has 180 valence electrons. The van der Waals surface area contributed by atoms with Crippen LogP contribution in [0.4, 0.5) is 22.7 Å². The van der Waals surface area contributed by atoms with Crippen molar-refractivity contribution in [1.29, 1.82) is 0 Å². The molecule has 0 unspecified atom stereocenters. The minimum atomic E-state index is -0.192. The summed E-state index contributed by atoms with van der Waals surface area (Å²) in [5.41, 5.74) is 4.14. The van der Waals surface area contributed by atoms with Gasteiger partial charge in [0.15, 0.2) is 0 Å². The summed E-state index contributed by atoms with van der Waals surface area (Å²) < 4.78 is 12.8. The van der Waals surface area contributed by atoms with Gasteiger partial charge in [0.05, 0.1) is 22.7 Å². The van der Waals surface area contributed by atoms with E-state index in [-0.39, 0.29) is 19.2 Å². The average molecular weight is 475 g/mol. The Hall–Kier alpha value is -3.90. The van der Waals surface area contributed by atoms with Crippen molar-refractivity contribution in [3.8, 4) is 23.0 Å². The lowest BCUT2D eigenvalue weighted by Crippen LogP contribution is -2.65. The lowest BCUT2D eigenvalue weighted by Gasteiger charge is -2.49. The van der Waals surface area contributed by atoms with Gasteiger partial charge in [-0.3, -0.25) is 4.81 Å². The Morgan fingerprint density at radius 1 is 0.500 bits per heavy atom. The van der Waals surface area contributed by atoms with Crippen molar-refractivity contribution in [2.24, 2.45) is 0 Å². The van der Waals surface area contributed by atoms with E-state index in [2.05, 4.69) is 90.7 Å². The van der Waals surface area contributed by atoms with Gasteiger partial charge in [-0.25, -0.2) is 0 Å². The quantitative estimate of drug-likeness (QED) is 0.273. The van der Waals surface area contributed by atoms with Crippen LogP contribution in [0.3, 0.4) is 0 Å². The van der Waals surface area contributed by atoms with E-state index >= 15 is 0 Å². The summed E-state index contributed by atoms with van der Waals surface area (Å²) in [4.78, 5) is 7.40. The SMILES string of the molecule is CC(C)N(B(N1c2ccccc2Oc2ccccc21)N1c2ccccc2Oc2ccccc21)C(C)C. The monoisotopic (exact) mass is 475 g/mol. The van der Waals surface area contributed by atoms with Crippen LogP contribution in [-0.2, 0) is 0 Å². The van der Waals surface area contributed by atoms with E-state index in [0.29, 0.717) is 0 Å². The fourth-order valence-electron chi connectivity index (χ4n) is 5.48. The first-order valence-electron chi connectivity index (χ1n) is 12.6. The first kappa shape index (κ1) is 22.6. The molecule has 0 saturated carbocycles. The van der Waals surface area contributed by atoms with Crippen LogP contribution in [0, 0.1) is 0 Å². The molecule has 2 aliphatic heterocycles. The van der Waals surface area contributed by atoms with Crippen molar-refractivity contribution in [1.82, 2.24) is 4.81 Å². The first-order valence-corrected chi connectivity index (χ1v) is 12.6. The molecule has 36 heavy (non-hydrogen) atoms. The Kier molecular flexibility index (Phi) is 5.61. The largest absolute Gasteiger partial charge is 0.480 e. The van der Waals surface area contributed by atoms with Crippen LogP contribution in [0.15, 0.2) is 97.1 Å². The van der Waals surface area contributed by atoms with Crippen LogP contribution in [0.2, 0.25) is 0 Å². The smallest absolute Gasteiger partial charge is 0.453 e. The molecule has 6 rings (SSSR count). The zero-order valence-electron chi connectivity index (χ0n) is 21.1. The van der Waals surface area contributed by atoms with Gasteiger partial charge in [-0.15, -0.1) is 0 Å². The predicted molar refractivity (Wildman–Crippen MR) is 148 cm³/mol. The van der Waals surface area contributed by atoms with E-state index in [4.69, 9.17) is 9.47 Å². The minimum absolute atomic E-state index is 0.192. The molecule has 0 bridgehead atoms. The van der Waals surface area contributed by atoms with Gasteiger partial charge in [-0.2, -0.15) is 0 Å². The van der Waals surface area contributed by atoms with Crippen molar-refractivity contribution in [3.05, 3.63) is 97.1 Å². The molecule has 0 radical (unpaired) electrons. The van der Waals surface area contributed by atoms with Gasteiger partial charge in [0.1, 0.15) is 23.0 Å². The van der Waals surface area contributed by atoms with E-state index in [1.807, 2.05) is 48.5 Å². The second-order valence-electron chi connectivity index (χ2n) is 9.80. The summed E-state index contributed by atoms with van der Waals surface area (Å²) in [6.07, 6.45) is 0. The highest BCUT2D eigenvalue weighted by atomic mass is 16.5. The fourth-order valence-corrected chi connectivity index (χ4v) is 5.48. The van der Waals surface area contributed by atoms with Crippen molar-refractivity contribution in [2.45, 2.75) is 39.8 Å². The molecular weight excluding hydrogens is 445 g/mol. The van der Waals surface area contributed by atoms with E-state index in [0.717, 1.165) is 45.7 Å². The summed E-state index contributed by atoms with van der Waals surface area (Å²) in [6, 6.07) is 33.7. The molecule has 2 aliphatic rings. The third-order valence-electron chi connectivity index (χ3n) is 6.86. The number of hydrogen-bond acceptors (Lipinski definition) is 5. The van der Waals surface area contributed by atoms with Gasteiger partial charge in [-0.05, 0) is 60.6 Å². The topological polar surface area (TPSA) is 28.2 Å². The maximum Gasteiger partial charge on any atom is 0.480 e. The number of anilines is 4. The molecular formula is C30H30BN3O2. The second-order valence-corrected chi connectivity index (χ2v) is 9.80. The van der Waals surface area contributed by atoms with Crippen LogP contribution in [0.25, 0.3) is 0 Å². The van der Waals surface area contributed by atoms with E-state index in [1.54, 1.807) is 0 Å². The summed E-state index contributed by atoms with van der Waals surface area (Å²) in [7, 11) is -0.192. The van der Waals surface area contributed by atoms with Crippen molar-refractivity contribution in [3.63, 3.8) is 0 Å². The Balaban J connectivity index is 1.66. The van der Waals surface area contributed by atoms with E-state index in [1.165, 1.54) is 0 Å². The molecule has 0 amide bonds. The molecule has 5 nitrogen and oxygen atoms in total. The van der Waals surface area contributed by atoms with Crippen LogP contribution >= 0.6 is 0 Å². The molecule has 0 N–H and O–H groups in total. The van der Waals surface area contributed by atoms with Crippen LogP contribution in [0.5, 0.6) is 23.0 Å². The maximum atomic E-state index is 6.38. The number of rotatable bonds is 5. The van der Waals surface area contributed by atoms with Gasteiger partial charge in [0.25, 0.3) is 0 Å². The highest BCUT2D eigenvalue weighted by Crippen LogP contribution is 2.52. The number of benzene rings is 4. The zero-order chi connectivity index (χ0) is 24.8. The predicted octanol–water partition coefficient (Wildman–Crippen LogP) is 7.98. The first-order chi connectivity index (χ1) is 17.5. The number of nitrogens with zero attached hydrogens (tertiary/aromatic N) is 3. The van der Waals surface area contributed by atoms with Gasteiger partial charge < -0.3 is 19.1 Å². The number of ether oxygens (including phenoxy) is 2. The fraction of sp³-hybridized carbons (Fsp3) is 0.200. The lowest BCUT2D eigenvalue weighted by molar-refractivity contribution is 0.300. The van der Waals surface area contributed by atoms with Crippen LogP contribution in [-0.4, -0.2) is 24.0 Å². The summed E-state index contributed by atoms with van der Waals surface area (Å²) >= 11 is 0. The molecule has 0 fully saturated rings. The molecule has 4 aromatic rings. The highest BCUT2D eigenvalue weighted by Gasteiger charge is 2.47. The molecule has 0 aromatic heterocycles. The summed E-state index contributed by atoms with van der Waals surface area (Å²) in [5, 5.41) is 0. The highest BCUT2D eigenvalue weighted by molar-refractivity contribution is 6.68. The van der Waals surface area contributed by atoms with Crippen molar-refractivity contribution < 1.29 is 9.47 Å². The molecule has 0 saturated heterocycles. The van der Waals surface area contributed by atoms with Crippen LogP contribution < -0.4 is 19.1 Å². The molecule has 0 spiro atoms. The van der Waals surface area contributed by atoms with Gasteiger partial charge in [0, 0.05) is 0 Å². The Labute approximate surface area is 213 Å². The molecule has 0 atom stereocenters. The van der Waals surface area contributed by atoms with Gasteiger partial charge >= 0.3 is 7.12 Å². The normalized spacial score (nSPS) is 13.5. The molecule has 4 aromatic carbocycles. The Morgan fingerprint density at radius 3 is 1.06 bits per heavy atom. The molecule has 6 heteroatoms. The average Bonchev–Trinajstić information content (AvgIpc) is 2.89.